The quantitative estimate of drug-likeness (QED) is 0.443. The smallest absolute Gasteiger partial charge is 0.167 e. The zero-order valence-electron chi connectivity index (χ0n) is 15.4. The van der Waals surface area contributed by atoms with E-state index in [9.17, 15) is 9.90 Å². The highest BCUT2D eigenvalue weighted by atomic mass is 32.1. The predicted molar refractivity (Wildman–Crippen MR) is 112 cm³/mol. The molecule has 0 amide bonds. The van der Waals surface area contributed by atoms with Crippen molar-refractivity contribution in [2.75, 3.05) is 6.61 Å². The summed E-state index contributed by atoms with van der Waals surface area (Å²) in [6, 6.07) is 20.3. The number of carbonyl (C=O) groups excluding carboxylic acids is 1. The molecule has 0 saturated heterocycles. The van der Waals surface area contributed by atoms with Crippen LogP contribution in [0.3, 0.4) is 0 Å². The summed E-state index contributed by atoms with van der Waals surface area (Å²) >= 11 is 1.52. The van der Waals surface area contributed by atoms with Crippen LogP contribution in [-0.2, 0) is 6.42 Å². The second kappa shape index (κ2) is 7.82. The normalized spacial score (nSPS) is 10.9. The maximum atomic E-state index is 12.6. The number of benzene rings is 3. The van der Waals surface area contributed by atoms with Crippen LogP contribution in [0.2, 0.25) is 0 Å². The molecule has 1 heterocycles. The number of fused-ring (bicyclic) bond motifs is 1. The van der Waals surface area contributed by atoms with E-state index in [4.69, 9.17) is 4.74 Å². The average Bonchev–Trinajstić information content (AvgIpc) is 3.14. The van der Waals surface area contributed by atoms with Gasteiger partial charge < -0.3 is 9.84 Å². The van der Waals surface area contributed by atoms with E-state index in [-0.39, 0.29) is 18.0 Å². The minimum Gasteiger partial charge on any atom is -0.507 e. The molecule has 4 nitrogen and oxygen atoms in total. The fourth-order valence-electron chi connectivity index (χ4n) is 3.04. The molecule has 0 fully saturated rings. The van der Waals surface area contributed by atoms with Gasteiger partial charge in [0.25, 0.3) is 0 Å². The number of ether oxygens (including phenoxy) is 1. The molecule has 3 aromatic carbocycles. The highest BCUT2D eigenvalue weighted by Crippen LogP contribution is 2.35. The topological polar surface area (TPSA) is 59.4 Å². The number of ketones is 1. The average molecular weight is 389 g/mol. The van der Waals surface area contributed by atoms with Crippen LogP contribution in [0.1, 0.15) is 22.8 Å². The van der Waals surface area contributed by atoms with E-state index in [1.807, 2.05) is 37.3 Å². The molecule has 4 aromatic rings. The summed E-state index contributed by atoms with van der Waals surface area (Å²) in [5.74, 6) is 0.933. The molecule has 1 aromatic heterocycles. The lowest BCUT2D eigenvalue weighted by atomic mass is 10.0. The molecule has 0 aliphatic heterocycles. The molecule has 0 aliphatic rings. The number of rotatable bonds is 6. The van der Waals surface area contributed by atoms with Gasteiger partial charge in [0, 0.05) is 12.0 Å². The number of phenols is 1. The third kappa shape index (κ3) is 3.75. The highest BCUT2D eigenvalue weighted by molar-refractivity contribution is 7.21. The fourth-order valence-corrected chi connectivity index (χ4v) is 4.03. The third-order valence-corrected chi connectivity index (χ3v) is 5.51. The Morgan fingerprint density at radius 2 is 1.86 bits per heavy atom. The van der Waals surface area contributed by atoms with Crippen LogP contribution in [0, 0.1) is 0 Å². The van der Waals surface area contributed by atoms with Crippen molar-refractivity contribution in [2.45, 2.75) is 13.3 Å². The van der Waals surface area contributed by atoms with Gasteiger partial charge >= 0.3 is 0 Å². The zero-order valence-corrected chi connectivity index (χ0v) is 16.2. The number of phenolic OH excluding ortho intramolecular Hbond substituents is 1. The Balaban J connectivity index is 1.59. The number of nitrogens with zero attached hydrogens (tertiary/aromatic N) is 1. The van der Waals surface area contributed by atoms with Crippen LogP contribution < -0.4 is 4.74 Å². The van der Waals surface area contributed by atoms with Crippen LogP contribution in [0.5, 0.6) is 11.5 Å². The van der Waals surface area contributed by atoms with E-state index in [1.54, 1.807) is 36.4 Å². The Morgan fingerprint density at radius 3 is 2.61 bits per heavy atom. The van der Waals surface area contributed by atoms with E-state index < -0.39 is 0 Å². The monoisotopic (exact) mass is 389 g/mol. The van der Waals surface area contributed by atoms with E-state index in [0.29, 0.717) is 17.7 Å². The first-order chi connectivity index (χ1) is 13.6. The summed E-state index contributed by atoms with van der Waals surface area (Å²) in [6.07, 6.45) is 0.256. The maximum Gasteiger partial charge on any atom is 0.167 e. The summed E-state index contributed by atoms with van der Waals surface area (Å²) in [4.78, 5) is 17.2. The minimum absolute atomic E-state index is 0.0176. The van der Waals surface area contributed by atoms with Crippen molar-refractivity contribution in [3.63, 3.8) is 0 Å². The van der Waals surface area contributed by atoms with Gasteiger partial charge in [-0.25, -0.2) is 4.98 Å². The standard InChI is InChI=1S/C23H19NO3S/c1-2-27-17-10-8-16(9-11-17)21(26)14-15-7-12-20(25)18(13-15)23-24-19-5-3-4-6-22(19)28-23/h3-13,25H,2,14H2,1H3. The van der Waals surface area contributed by atoms with Crippen LogP contribution in [0.25, 0.3) is 20.8 Å². The van der Waals surface area contributed by atoms with E-state index >= 15 is 0 Å². The van der Waals surface area contributed by atoms with Gasteiger partial charge in [-0.05, 0) is 61.0 Å². The van der Waals surface area contributed by atoms with Crippen LogP contribution in [-0.4, -0.2) is 22.5 Å². The van der Waals surface area contributed by atoms with Gasteiger partial charge in [-0.1, -0.05) is 18.2 Å². The predicted octanol–water partition coefficient (Wildman–Crippen LogP) is 5.49. The lowest BCUT2D eigenvalue weighted by molar-refractivity contribution is 0.0993. The van der Waals surface area contributed by atoms with Gasteiger partial charge in [-0.3, -0.25) is 4.79 Å². The largest absolute Gasteiger partial charge is 0.507 e. The number of aromatic nitrogens is 1. The minimum atomic E-state index is 0.0176. The lowest BCUT2D eigenvalue weighted by Crippen LogP contribution is -2.04. The Morgan fingerprint density at radius 1 is 1.07 bits per heavy atom. The summed E-state index contributed by atoms with van der Waals surface area (Å²) in [5, 5.41) is 11.1. The van der Waals surface area contributed by atoms with Gasteiger partial charge in [0.1, 0.15) is 16.5 Å². The first kappa shape index (κ1) is 18.2. The fraction of sp³-hybridized carbons (Fsp3) is 0.130. The van der Waals surface area contributed by atoms with Gasteiger partial charge in [0.2, 0.25) is 0 Å². The zero-order chi connectivity index (χ0) is 19.5. The van der Waals surface area contributed by atoms with E-state index in [2.05, 4.69) is 4.98 Å². The summed E-state index contributed by atoms with van der Waals surface area (Å²) in [5.41, 5.74) is 3.03. The van der Waals surface area contributed by atoms with E-state index in [0.717, 1.165) is 26.5 Å². The number of hydrogen-bond acceptors (Lipinski definition) is 5. The Hall–Kier alpha value is -3.18. The number of carbonyl (C=O) groups is 1. The highest BCUT2D eigenvalue weighted by Gasteiger charge is 2.13. The number of hydrogen-bond donors (Lipinski definition) is 1. The number of thiazole rings is 1. The molecule has 0 spiro atoms. The molecule has 0 unspecified atom stereocenters. The molecule has 4 rings (SSSR count). The molecule has 5 heteroatoms. The third-order valence-electron chi connectivity index (χ3n) is 4.44. The van der Waals surface area contributed by atoms with Crippen LogP contribution >= 0.6 is 11.3 Å². The lowest BCUT2D eigenvalue weighted by Gasteiger charge is -2.07. The Kier molecular flexibility index (Phi) is 5.08. The summed E-state index contributed by atoms with van der Waals surface area (Å²) in [7, 11) is 0. The van der Waals surface area contributed by atoms with Gasteiger partial charge in [0.15, 0.2) is 5.78 Å². The summed E-state index contributed by atoms with van der Waals surface area (Å²) in [6.45, 7) is 2.52. The molecule has 0 saturated carbocycles. The van der Waals surface area contributed by atoms with Gasteiger partial charge in [-0.15, -0.1) is 11.3 Å². The van der Waals surface area contributed by atoms with Crippen molar-refractivity contribution in [1.29, 1.82) is 0 Å². The van der Waals surface area contributed by atoms with Crippen molar-refractivity contribution in [1.82, 2.24) is 4.98 Å². The van der Waals surface area contributed by atoms with Crippen molar-refractivity contribution >= 4 is 27.3 Å². The van der Waals surface area contributed by atoms with Crippen molar-refractivity contribution in [3.8, 4) is 22.1 Å². The molecule has 1 N–H and O–H groups in total. The number of aromatic hydroxyl groups is 1. The van der Waals surface area contributed by atoms with Crippen LogP contribution in [0.4, 0.5) is 0 Å². The summed E-state index contributed by atoms with van der Waals surface area (Å²) < 4.78 is 6.48. The maximum absolute atomic E-state index is 12.6. The second-order valence-electron chi connectivity index (χ2n) is 6.40. The first-order valence-corrected chi connectivity index (χ1v) is 9.89. The van der Waals surface area contributed by atoms with Crippen molar-refractivity contribution in [2.24, 2.45) is 0 Å². The van der Waals surface area contributed by atoms with Crippen molar-refractivity contribution < 1.29 is 14.6 Å². The van der Waals surface area contributed by atoms with Gasteiger partial charge in [-0.2, -0.15) is 0 Å². The molecular formula is C23H19NO3S. The number of Topliss-reactive ketones (excluding diaryl/α,β-unsaturated/α-hetero) is 1. The molecule has 0 aliphatic carbocycles. The van der Waals surface area contributed by atoms with Gasteiger partial charge in [0.05, 0.1) is 22.4 Å². The Labute approximate surface area is 167 Å². The molecule has 0 bridgehead atoms. The number of para-hydroxylation sites is 1. The van der Waals surface area contributed by atoms with Crippen molar-refractivity contribution in [3.05, 3.63) is 77.9 Å². The second-order valence-corrected chi connectivity index (χ2v) is 7.43. The van der Waals surface area contributed by atoms with E-state index in [1.165, 1.54) is 11.3 Å². The molecule has 0 radical (unpaired) electrons. The SMILES string of the molecule is CCOc1ccc(C(=O)Cc2ccc(O)c(-c3nc4ccccc4s3)c2)cc1. The Bertz CT molecular complexity index is 1100. The molecular weight excluding hydrogens is 370 g/mol. The molecule has 140 valence electrons. The molecule has 28 heavy (non-hydrogen) atoms. The van der Waals surface area contributed by atoms with Crippen LogP contribution in [0.15, 0.2) is 66.7 Å². The molecule has 0 atom stereocenters. The first-order valence-electron chi connectivity index (χ1n) is 9.08.